The molecule has 9 heteroatoms. The second kappa shape index (κ2) is 9.21. The predicted molar refractivity (Wildman–Crippen MR) is 102 cm³/mol. The van der Waals surface area contributed by atoms with E-state index < -0.39 is 5.25 Å². The van der Waals surface area contributed by atoms with E-state index in [1.165, 1.54) is 16.3 Å². The molecule has 0 aliphatic carbocycles. The average molecular weight is 429 g/mol. The molecular weight excluding hydrogens is 408 g/mol. The summed E-state index contributed by atoms with van der Waals surface area (Å²) in [5, 5.41) is 9.41. The molecule has 0 fully saturated rings. The van der Waals surface area contributed by atoms with E-state index in [4.69, 9.17) is 4.74 Å². The van der Waals surface area contributed by atoms with Crippen LogP contribution in [0.25, 0.3) is 0 Å². The Hall–Kier alpha value is -1.58. The fraction of sp³-hybridized carbons (Fsp3) is 0.438. The topological polar surface area (TPSA) is 89.0 Å². The number of H-pyrrole nitrogens is 1. The van der Waals surface area contributed by atoms with Crippen LogP contribution in [0.1, 0.15) is 18.9 Å². The van der Waals surface area contributed by atoms with Gasteiger partial charge < -0.3 is 10.1 Å². The molecule has 2 N–H and O–H groups in total. The van der Waals surface area contributed by atoms with Gasteiger partial charge in [-0.15, -0.1) is 5.10 Å². The molecule has 1 atom stereocenters. The second-order valence-electron chi connectivity index (χ2n) is 5.54. The van der Waals surface area contributed by atoms with Crippen LogP contribution in [-0.4, -0.2) is 39.6 Å². The standard InChI is InChI=1S/C16H21BrN4O3S/c1-10-5-6-13(12(17)9-10)18-14(22)11(2)25-16-20-19-15(23)21(16)7-4-8-24-3/h5-6,9,11H,4,7-8H2,1-3H3,(H,18,22)(H,19,23). The summed E-state index contributed by atoms with van der Waals surface area (Å²) in [6, 6.07) is 5.72. The molecule has 2 aromatic rings. The van der Waals surface area contributed by atoms with Crippen molar-refractivity contribution < 1.29 is 9.53 Å². The largest absolute Gasteiger partial charge is 0.385 e. The number of carbonyl (C=O) groups excluding carboxylic acids is 1. The number of aromatic amines is 1. The SMILES string of the molecule is COCCCn1c(SC(C)C(=O)Nc2ccc(C)cc2Br)n[nH]c1=O. The normalized spacial score (nSPS) is 12.2. The summed E-state index contributed by atoms with van der Waals surface area (Å²) in [4.78, 5) is 24.3. The van der Waals surface area contributed by atoms with Crippen molar-refractivity contribution in [3.8, 4) is 0 Å². The molecule has 2 rings (SSSR count). The highest BCUT2D eigenvalue weighted by atomic mass is 79.9. The number of halogens is 1. The number of amides is 1. The van der Waals surface area contributed by atoms with E-state index in [9.17, 15) is 9.59 Å². The molecule has 0 saturated heterocycles. The molecule has 0 aliphatic rings. The van der Waals surface area contributed by atoms with E-state index in [-0.39, 0.29) is 11.6 Å². The lowest BCUT2D eigenvalue weighted by Crippen LogP contribution is -2.24. The maximum atomic E-state index is 12.4. The number of anilines is 1. The Labute approximate surface area is 158 Å². The lowest BCUT2D eigenvalue weighted by molar-refractivity contribution is -0.115. The maximum absolute atomic E-state index is 12.4. The average Bonchev–Trinajstić information content (AvgIpc) is 2.90. The third-order valence-corrected chi connectivity index (χ3v) is 5.23. The van der Waals surface area contributed by atoms with E-state index in [0.717, 1.165) is 10.0 Å². The van der Waals surface area contributed by atoms with Gasteiger partial charge in [0, 0.05) is 24.7 Å². The minimum absolute atomic E-state index is 0.159. The Kier molecular flexibility index (Phi) is 7.27. The Balaban J connectivity index is 2.02. The third-order valence-electron chi connectivity index (χ3n) is 3.49. The molecule has 0 bridgehead atoms. The van der Waals surface area contributed by atoms with E-state index in [1.807, 2.05) is 25.1 Å². The molecule has 1 heterocycles. The van der Waals surface area contributed by atoms with Crippen molar-refractivity contribution in [2.75, 3.05) is 19.0 Å². The van der Waals surface area contributed by atoms with Gasteiger partial charge in [0.25, 0.3) is 0 Å². The number of aryl methyl sites for hydroxylation is 1. The number of nitrogens with zero attached hydrogens (tertiary/aromatic N) is 2. The first kappa shape index (κ1) is 19.7. The van der Waals surface area contributed by atoms with Crippen LogP contribution in [0, 0.1) is 6.92 Å². The summed E-state index contributed by atoms with van der Waals surface area (Å²) < 4.78 is 7.35. The first-order valence-electron chi connectivity index (χ1n) is 7.80. The molecule has 0 aliphatic heterocycles. The Bertz CT molecular complexity index is 790. The molecule has 1 unspecified atom stereocenters. The van der Waals surface area contributed by atoms with E-state index >= 15 is 0 Å². The number of methoxy groups -OCH3 is 1. The minimum atomic E-state index is -0.412. The summed E-state index contributed by atoms with van der Waals surface area (Å²) in [5.41, 5.74) is 1.53. The van der Waals surface area contributed by atoms with Crippen molar-refractivity contribution in [1.82, 2.24) is 14.8 Å². The van der Waals surface area contributed by atoms with Gasteiger partial charge in [0.05, 0.1) is 10.9 Å². The summed E-state index contributed by atoms with van der Waals surface area (Å²) in [6.45, 7) is 4.80. The Morgan fingerprint density at radius 2 is 2.28 bits per heavy atom. The smallest absolute Gasteiger partial charge is 0.343 e. The first-order chi connectivity index (χ1) is 11.9. The number of ether oxygens (including phenoxy) is 1. The van der Waals surface area contributed by atoms with Crippen LogP contribution < -0.4 is 11.0 Å². The molecule has 1 aromatic heterocycles. The quantitative estimate of drug-likeness (QED) is 0.498. The molecular formula is C16H21BrN4O3S. The van der Waals surface area contributed by atoms with Crippen LogP contribution in [0.15, 0.2) is 32.6 Å². The van der Waals surface area contributed by atoms with E-state index in [1.54, 1.807) is 14.0 Å². The molecule has 7 nitrogen and oxygen atoms in total. The van der Waals surface area contributed by atoms with Crippen LogP contribution in [-0.2, 0) is 16.1 Å². The molecule has 0 saturated carbocycles. The van der Waals surface area contributed by atoms with Gasteiger partial charge in [0.1, 0.15) is 0 Å². The van der Waals surface area contributed by atoms with Gasteiger partial charge in [-0.1, -0.05) is 17.8 Å². The summed E-state index contributed by atoms with van der Waals surface area (Å²) in [7, 11) is 1.61. The predicted octanol–water partition coefficient (Wildman–Crippen LogP) is 2.80. The lowest BCUT2D eigenvalue weighted by atomic mass is 10.2. The van der Waals surface area contributed by atoms with Gasteiger partial charge >= 0.3 is 5.69 Å². The van der Waals surface area contributed by atoms with E-state index in [0.29, 0.717) is 30.4 Å². The van der Waals surface area contributed by atoms with Crippen molar-refractivity contribution in [3.63, 3.8) is 0 Å². The zero-order valence-corrected chi connectivity index (χ0v) is 16.7. The second-order valence-corrected chi connectivity index (χ2v) is 7.70. The zero-order valence-electron chi connectivity index (χ0n) is 14.3. The highest BCUT2D eigenvalue weighted by molar-refractivity contribution is 9.10. The number of hydrogen-bond donors (Lipinski definition) is 2. The fourth-order valence-electron chi connectivity index (χ4n) is 2.12. The van der Waals surface area contributed by atoms with Crippen LogP contribution in [0.3, 0.4) is 0 Å². The summed E-state index contributed by atoms with van der Waals surface area (Å²) >= 11 is 4.68. The molecule has 1 amide bonds. The summed E-state index contributed by atoms with van der Waals surface area (Å²) in [5.74, 6) is -0.159. The van der Waals surface area contributed by atoms with Gasteiger partial charge in [0.15, 0.2) is 5.16 Å². The van der Waals surface area contributed by atoms with Gasteiger partial charge in [-0.25, -0.2) is 9.89 Å². The van der Waals surface area contributed by atoms with Crippen molar-refractivity contribution in [2.45, 2.75) is 37.2 Å². The Morgan fingerprint density at radius 3 is 2.96 bits per heavy atom. The van der Waals surface area contributed by atoms with E-state index in [2.05, 4.69) is 31.4 Å². The number of rotatable bonds is 8. The first-order valence-corrected chi connectivity index (χ1v) is 9.47. The number of hydrogen-bond acceptors (Lipinski definition) is 5. The number of thioether (sulfide) groups is 1. The van der Waals surface area contributed by atoms with Crippen LogP contribution in [0.2, 0.25) is 0 Å². The highest BCUT2D eigenvalue weighted by Gasteiger charge is 2.19. The van der Waals surface area contributed by atoms with Crippen LogP contribution in [0.5, 0.6) is 0 Å². The number of aromatic nitrogens is 3. The Morgan fingerprint density at radius 1 is 1.52 bits per heavy atom. The van der Waals surface area contributed by atoms with Gasteiger partial charge in [-0.2, -0.15) is 0 Å². The van der Waals surface area contributed by atoms with Gasteiger partial charge in [-0.05, 0) is 53.9 Å². The number of carbonyl (C=O) groups is 1. The fourth-order valence-corrected chi connectivity index (χ4v) is 3.60. The number of nitrogens with one attached hydrogen (secondary N) is 2. The molecule has 0 spiro atoms. The van der Waals surface area contributed by atoms with Crippen LogP contribution in [0.4, 0.5) is 5.69 Å². The summed E-state index contributed by atoms with van der Waals surface area (Å²) in [6.07, 6.45) is 0.695. The number of benzene rings is 1. The van der Waals surface area contributed by atoms with Crippen molar-refractivity contribution in [1.29, 1.82) is 0 Å². The monoisotopic (exact) mass is 428 g/mol. The molecule has 25 heavy (non-hydrogen) atoms. The molecule has 1 aromatic carbocycles. The van der Waals surface area contributed by atoms with Crippen molar-refractivity contribution in [2.24, 2.45) is 0 Å². The highest BCUT2D eigenvalue weighted by Crippen LogP contribution is 2.26. The van der Waals surface area contributed by atoms with Gasteiger partial charge in [0.2, 0.25) is 5.91 Å². The molecule has 0 radical (unpaired) electrons. The minimum Gasteiger partial charge on any atom is -0.385 e. The van der Waals surface area contributed by atoms with Gasteiger partial charge in [-0.3, -0.25) is 9.36 Å². The zero-order chi connectivity index (χ0) is 18.4. The van der Waals surface area contributed by atoms with Crippen LogP contribution >= 0.6 is 27.7 Å². The van der Waals surface area contributed by atoms with Crippen molar-refractivity contribution >= 4 is 39.3 Å². The lowest BCUT2D eigenvalue weighted by Gasteiger charge is -2.13. The van der Waals surface area contributed by atoms with Crippen molar-refractivity contribution in [3.05, 3.63) is 38.7 Å². The third kappa shape index (κ3) is 5.45. The molecule has 136 valence electrons. The maximum Gasteiger partial charge on any atom is 0.343 e.